The first kappa shape index (κ1) is 19.1. The van der Waals surface area contributed by atoms with Crippen molar-refractivity contribution in [3.63, 3.8) is 0 Å². The van der Waals surface area contributed by atoms with Crippen LogP contribution in [0.3, 0.4) is 0 Å². The molecule has 0 aliphatic heterocycles. The molecular weight excluding hydrogens is 340 g/mol. The second-order valence-corrected chi connectivity index (χ2v) is 6.86. The number of amides is 1. The number of methoxy groups -OCH3 is 1. The maximum atomic E-state index is 12.8. The lowest BCUT2D eigenvalue weighted by molar-refractivity contribution is 0.0909. The second-order valence-electron chi connectivity index (χ2n) is 6.86. The highest BCUT2D eigenvalue weighted by molar-refractivity contribution is 5.99. The second kappa shape index (κ2) is 8.84. The quantitative estimate of drug-likeness (QED) is 0.663. The van der Waals surface area contributed by atoms with Gasteiger partial charge in [0.1, 0.15) is 5.58 Å². The predicted octanol–water partition coefficient (Wildman–Crippen LogP) is 3.48. The Hall–Kier alpha value is -2.63. The number of benzene rings is 2. The third kappa shape index (κ3) is 4.56. The summed E-state index contributed by atoms with van der Waals surface area (Å²) in [4.78, 5) is 14.9. The van der Waals surface area contributed by atoms with Gasteiger partial charge in [-0.2, -0.15) is 0 Å². The summed E-state index contributed by atoms with van der Waals surface area (Å²) in [6, 6.07) is 18.1. The standard InChI is InChI=1S/C22H26N2O3/c1-24(2)17(13-16-9-5-4-6-10-16)14-23-22(25)21-19(15-26-3)18-11-7-8-12-20(18)27-21/h4-12,17H,13-15H2,1-3H3,(H,23,25). The lowest BCUT2D eigenvalue weighted by Gasteiger charge is -2.24. The fourth-order valence-electron chi connectivity index (χ4n) is 3.18. The highest BCUT2D eigenvalue weighted by Crippen LogP contribution is 2.26. The van der Waals surface area contributed by atoms with E-state index in [2.05, 4.69) is 22.3 Å². The number of ether oxygens (including phenoxy) is 1. The average molecular weight is 366 g/mol. The van der Waals surface area contributed by atoms with Crippen LogP contribution in [0.4, 0.5) is 0 Å². The number of rotatable bonds is 8. The molecular formula is C22H26N2O3. The number of para-hydroxylation sites is 1. The SMILES string of the molecule is COCc1c(C(=O)NCC(Cc2ccccc2)N(C)C)oc2ccccc12. The Kier molecular flexibility index (Phi) is 6.27. The van der Waals surface area contributed by atoms with Crippen molar-refractivity contribution >= 4 is 16.9 Å². The number of carbonyl (C=O) groups excluding carboxylic acids is 1. The highest BCUT2D eigenvalue weighted by atomic mass is 16.5. The van der Waals surface area contributed by atoms with Gasteiger partial charge in [0, 0.05) is 30.6 Å². The van der Waals surface area contributed by atoms with Crippen LogP contribution < -0.4 is 5.32 Å². The third-order valence-electron chi connectivity index (χ3n) is 4.74. The number of nitrogens with one attached hydrogen (secondary N) is 1. The van der Waals surface area contributed by atoms with E-state index < -0.39 is 0 Å². The molecule has 0 aliphatic carbocycles. The van der Waals surface area contributed by atoms with Crippen molar-refractivity contribution in [1.29, 1.82) is 0 Å². The Morgan fingerprint density at radius 1 is 1.11 bits per heavy atom. The van der Waals surface area contributed by atoms with E-state index in [9.17, 15) is 4.79 Å². The number of likely N-dealkylation sites (N-methyl/N-ethyl adjacent to an activating group) is 1. The summed E-state index contributed by atoms with van der Waals surface area (Å²) in [6.07, 6.45) is 0.860. The summed E-state index contributed by atoms with van der Waals surface area (Å²) in [6.45, 7) is 0.866. The van der Waals surface area contributed by atoms with Crippen LogP contribution in [-0.4, -0.2) is 44.6 Å². The molecule has 0 aliphatic rings. The Labute approximate surface area is 159 Å². The highest BCUT2D eigenvalue weighted by Gasteiger charge is 2.21. The van der Waals surface area contributed by atoms with Crippen LogP contribution in [0.2, 0.25) is 0 Å². The van der Waals surface area contributed by atoms with Gasteiger partial charge in [0.15, 0.2) is 5.76 Å². The molecule has 5 heteroatoms. The first-order valence-electron chi connectivity index (χ1n) is 9.08. The van der Waals surface area contributed by atoms with Crippen LogP contribution in [0.15, 0.2) is 59.0 Å². The Bertz CT molecular complexity index is 887. The van der Waals surface area contributed by atoms with Crippen molar-refractivity contribution in [2.75, 3.05) is 27.7 Å². The van der Waals surface area contributed by atoms with Gasteiger partial charge in [0.2, 0.25) is 0 Å². The van der Waals surface area contributed by atoms with Gasteiger partial charge in [0.25, 0.3) is 5.91 Å². The molecule has 0 saturated carbocycles. The fraction of sp³-hybridized carbons (Fsp3) is 0.318. The number of hydrogen-bond acceptors (Lipinski definition) is 4. The predicted molar refractivity (Wildman–Crippen MR) is 107 cm³/mol. The van der Waals surface area contributed by atoms with Gasteiger partial charge in [-0.15, -0.1) is 0 Å². The minimum absolute atomic E-state index is 0.187. The summed E-state index contributed by atoms with van der Waals surface area (Å²) in [5, 5.41) is 3.95. The molecule has 3 aromatic rings. The van der Waals surface area contributed by atoms with Gasteiger partial charge >= 0.3 is 0 Å². The van der Waals surface area contributed by atoms with Gasteiger partial charge in [-0.05, 0) is 32.1 Å². The summed E-state index contributed by atoms with van der Waals surface area (Å²) in [7, 11) is 5.67. The number of fused-ring (bicyclic) bond motifs is 1. The minimum atomic E-state index is -0.210. The fourth-order valence-corrected chi connectivity index (χ4v) is 3.18. The molecule has 142 valence electrons. The minimum Gasteiger partial charge on any atom is -0.451 e. The van der Waals surface area contributed by atoms with Gasteiger partial charge < -0.3 is 19.4 Å². The lowest BCUT2D eigenvalue weighted by Crippen LogP contribution is -2.41. The van der Waals surface area contributed by atoms with E-state index in [1.807, 2.05) is 56.6 Å². The van der Waals surface area contributed by atoms with Crippen molar-refractivity contribution in [2.24, 2.45) is 0 Å². The molecule has 0 radical (unpaired) electrons. The maximum Gasteiger partial charge on any atom is 0.287 e. The molecule has 0 spiro atoms. The van der Waals surface area contributed by atoms with Crippen LogP contribution in [0.25, 0.3) is 11.0 Å². The average Bonchev–Trinajstić information content (AvgIpc) is 3.04. The van der Waals surface area contributed by atoms with Crippen LogP contribution in [0.1, 0.15) is 21.7 Å². The Morgan fingerprint density at radius 2 is 1.81 bits per heavy atom. The summed E-state index contributed by atoms with van der Waals surface area (Å²) in [5.74, 6) is 0.119. The monoisotopic (exact) mass is 366 g/mol. The summed E-state index contributed by atoms with van der Waals surface area (Å²) < 4.78 is 11.1. The van der Waals surface area contributed by atoms with E-state index in [0.717, 1.165) is 17.4 Å². The molecule has 27 heavy (non-hydrogen) atoms. The van der Waals surface area contributed by atoms with E-state index >= 15 is 0 Å². The molecule has 1 atom stereocenters. The van der Waals surface area contributed by atoms with Gasteiger partial charge in [-0.3, -0.25) is 4.79 Å². The number of carbonyl (C=O) groups is 1. The van der Waals surface area contributed by atoms with Crippen LogP contribution in [0.5, 0.6) is 0 Å². The van der Waals surface area contributed by atoms with Crippen molar-refractivity contribution in [3.05, 3.63) is 71.5 Å². The lowest BCUT2D eigenvalue weighted by atomic mass is 10.1. The molecule has 2 aromatic carbocycles. The number of hydrogen-bond donors (Lipinski definition) is 1. The third-order valence-corrected chi connectivity index (χ3v) is 4.74. The number of furan rings is 1. The molecule has 0 saturated heterocycles. The Morgan fingerprint density at radius 3 is 2.52 bits per heavy atom. The molecule has 1 heterocycles. The summed E-state index contributed by atoms with van der Waals surface area (Å²) in [5.41, 5.74) is 2.73. The van der Waals surface area contributed by atoms with E-state index in [-0.39, 0.29) is 11.9 Å². The van der Waals surface area contributed by atoms with Gasteiger partial charge in [-0.25, -0.2) is 0 Å². The normalized spacial score (nSPS) is 12.4. The van der Waals surface area contributed by atoms with Crippen molar-refractivity contribution in [3.8, 4) is 0 Å². The largest absolute Gasteiger partial charge is 0.451 e. The first-order valence-corrected chi connectivity index (χ1v) is 9.08. The van der Waals surface area contributed by atoms with Gasteiger partial charge in [0.05, 0.1) is 6.61 Å². The molecule has 3 rings (SSSR count). The van der Waals surface area contributed by atoms with Crippen LogP contribution >= 0.6 is 0 Å². The molecule has 1 unspecified atom stereocenters. The topological polar surface area (TPSA) is 54.7 Å². The first-order chi connectivity index (χ1) is 13.1. The van der Waals surface area contributed by atoms with E-state index in [4.69, 9.17) is 9.15 Å². The molecule has 5 nitrogen and oxygen atoms in total. The van der Waals surface area contributed by atoms with Crippen LogP contribution in [-0.2, 0) is 17.8 Å². The van der Waals surface area contributed by atoms with E-state index in [0.29, 0.717) is 24.5 Å². The zero-order valence-corrected chi connectivity index (χ0v) is 16.1. The van der Waals surface area contributed by atoms with Gasteiger partial charge in [-0.1, -0.05) is 48.5 Å². The molecule has 1 amide bonds. The summed E-state index contributed by atoms with van der Waals surface area (Å²) >= 11 is 0. The zero-order chi connectivity index (χ0) is 19.2. The smallest absolute Gasteiger partial charge is 0.287 e. The van der Waals surface area contributed by atoms with E-state index in [1.165, 1.54) is 5.56 Å². The Balaban J connectivity index is 1.74. The van der Waals surface area contributed by atoms with E-state index in [1.54, 1.807) is 7.11 Å². The zero-order valence-electron chi connectivity index (χ0n) is 16.1. The van der Waals surface area contributed by atoms with Crippen LogP contribution in [0, 0.1) is 0 Å². The molecule has 1 aromatic heterocycles. The molecule has 0 bridgehead atoms. The molecule has 0 fully saturated rings. The van der Waals surface area contributed by atoms with Crippen molar-refractivity contribution in [1.82, 2.24) is 10.2 Å². The van der Waals surface area contributed by atoms with Crippen molar-refractivity contribution in [2.45, 2.75) is 19.1 Å². The van der Waals surface area contributed by atoms with Crippen molar-refractivity contribution < 1.29 is 13.9 Å². The number of nitrogens with zero attached hydrogens (tertiary/aromatic N) is 1. The maximum absolute atomic E-state index is 12.8. The molecule has 1 N–H and O–H groups in total.